The largest absolute Gasteiger partial charge is 0.530 e. The maximum atomic E-state index is 8.67. The zero-order valence-corrected chi connectivity index (χ0v) is 4.92. The van der Waals surface area contributed by atoms with E-state index >= 15 is 0 Å². The molecule has 0 radical (unpaired) electrons. The first-order valence-corrected chi connectivity index (χ1v) is 1.85. The van der Waals surface area contributed by atoms with Gasteiger partial charge >= 0.3 is 0 Å². The Morgan fingerprint density at radius 3 is 1.62 bits per heavy atom. The molecule has 0 spiro atoms. The van der Waals surface area contributed by atoms with Crippen molar-refractivity contribution >= 4 is 6.09 Å². The first-order valence-electron chi connectivity index (χ1n) is 1.85. The van der Waals surface area contributed by atoms with E-state index in [-0.39, 0.29) is 0 Å². The van der Waals surface area contributed by atoms with Crippen molar-refractivity contribution in [3.8, 4) is 0 Å². The molecular weight excluding hydrogens is 110 g/mol. The predicted molar refractivity (Wildman–Crippen MR) is 27.5 cm³/mol. The maximum Gasteiger partial charge on any atom is 0.131 e. The van der Waals surface area contributed by atoms with Gasteiger partial charge < -0.3 is 15.6 Å². The first kappa shape index (κ1) is 10.2. The third-order valence-corrected chi connectivity index (χ3v) is 0. The second kappa shape index (κ2) is 6.19. The fourth-order valence-corrected chi connectivity index (χ4v) is 0. The minimum atomic E-state index is -1.58. The lowest BCUT2D eigenvalue weighted by atomic mass is 11.2. The van der Waals surface area contributed by atoms with E-state index in [1.807, 2.05) is 0 Å². The van der Waals surface area contributed by atoms with Gasteiger partial charge in [-0.05, 0) is 0 Å². The second-order valence-corrected chi connectivity index (χ2v) is 1.28. The van der Waals surface area contributed by atoms with E-state index < -0.39 is 6.09 Å². The molecular formula is C3H10N3O2-. The van der Waals surface area contributed by atoms with Gasteiger partial charge in [0.2, 0.25) is 0 Å². The molecule has 8 heavy (non-hydrogen) atoms. The lowest BCUT2D eigenvalue weighted by Crippen LogP contribution is -2.29. The molecule has 5 heteroatoms. The van der Waals surface area contributed by atoms with Crippen LogP contribution in [0.15, 0.2) is 0 Å². The van der Waals surface area contributed by atoms with E-state index in [2.05, 4.69) is 5.73 Å². The lowest BCUT2D eigenvalue weighted by Gasteiger charge is -1.91. The Morgan fingerprint density at radius 1 is 1.62 bits per heavy atom. The number of amides is 1. The molecule has 5 nitrogen and oxygen atoms in total. The Labute approximate surface area is 47.8 Å². The SMILES string of the molecule is CN(C)N.NC(=O)[O-]. The molecule has 4 N–H and O–H groups in total. The van der Waals surface area contributed by atoms with Crippen molar-refractivity contribution in [3.63, 3.8) is 0 Å². The summed E-state index contributed by atoms with van der Waals surface area (Å²) in [5.41, 5.74) is 3.92. The van der Waals surface area contributed by atoms with Gasteiger partial charge in [-0.3, -0.25) is 10.9 Å². The number of rotatable bonds is 0. The zero-order chi connectivity index (χ0) is 7.15. The molecule has 0 atom stereocenters. The van der Waals surface area contributed by atoms with E-state index in [9.17, 15) is 0 Å². The van der Waals surface area contributed by atoms with Gasteiger partial charge in [0, 0.05) is 14.1 Å². The van der Waals surface area contributed by atoms with Gasteiger partial charge in [0.05, 0.1) is 0 Å². The Kier molecular flexibility index (Phi) is 7.91. The van der Waals surface area contributed by atoms with E-state index in [0.717, 1.165) is 0 Å². The summed E-state index contributed by atoms with van der Waals surface area (Å²) in [6, 6.07) is 0. The van der Waals surface area contributed by atoms with Crippen molar-refractivity contribution in [2.45, 2.75) is 0 Å². The molecule has 0 aromatic carbocycles. The number of carbonyl (C=O) groups excluding carboxylic acids is 1. The Balaban J connectivity index is 0. The number of hydrazine groups is 1. The van der Waals surface area contributed by atoms with Gasteiger partial charge in [-0.15, -0.1) is 0 Å². The number of hydrogen-bond donors (Lipinski definition) is 2. The molecule has 0 saturated heterocycles. The van der Waals surface area contributed by atoms with Crippen LogP contribution in [0.2, 0.25) is 0 Å². The van der Waals surface area contributed by atoms with Crippen LogP contribution in [0, 0.1) is 0 Å². The monoisotopic (exact) mass is 120 g/mol. The minimum Gasteiger partial charge on any atom is -0.530 e. The van der Waals surface area contributed by atoms with Crippen molar-refractivity contribution in [1.29, 1.82) is 0 Å². The maximum absolute atomic E-state index is 8.67. The molecule has 0 heterocycles. The van der Waals surface area contributed by atoms with Crippen LogP contribution in [0.25, 0.3) is 0 Å². The molecule has 0 rings (SSSR count). The molecule has 0 aromatic rings. The average molecular weight is 120 g/mol. The van der Waals surface area contributed by atoms with Gasteiger partial charge in [-0.25, -0.2) is 0 Å². The van der Waals surface area contributed by atoms with Gasteiger partial charge in [-0.1, -0.05) is 0 Å². The number of primary amides is 1. The summed E-state index contributed by atoms with van der Waals surface area (Å²) < 4.78 is 0. The van der Waals surface area contributed by atoms with Crippen molar-refractivity contribution in [2.24, 2.45) is 11.6 Å². The lowest BCUT2D eigenvalue weighted by molar-refractivity contribution is -0.245. The highest BCUT2D eigenvalue weighted by Crippen LogP contribution is 1.37. The summed E-state index contributed by atoms with van der Waals surface area (Å²) in [5.74, 6) is 4.94. The van der Waals surface area contributed by atoms with Crippen LogP contribution in [0.4, 0.5) is 4.79 Å². The van der Waals surface area contributed by atoms with Gasteiger partial charge in [0.15, 0.2) is 0 Å². The molecule has 0 aliphatic carbocycles. The number of carbonyl (C=O) groups is 1. The molecule has 0 unspecified atom stereocenters. The molecule has 0 aliphatic rings. The summed E-state index contributed by atoms with van der Waals surface area (Å²) in [5, 5.41) is 10.2. The number of nitrogens with zero attached hydrogens (tertiary/aromatic N) is 1. The second-order valence-electron chi connectivity index (χ2n) is 1.28. The average Bonchev–Trinajstić information content (AvgIpc) is 1.25. The van der Waals surface area contributed by atoms with Crippen LogP contribution in [-0.4, -0.2) is 25.2 Å². The van der Waals surface area contributed by atoms with E-state index in [1.54, 1.807) is 14.1 Å². The normalized spacial score (nSPS) is 7.50. The van der Waals surface area contributed by atoms with Crippen LogP contribution >= 0.6 is 0 Å². The fourth-order valence-electron chi connectivity index (χ4n) is 0. The summed E-state index contributed by atoms with van der Waals surface area (Å²) in [4.78, 5) is 8.67. The molecule has 0 aromatic heterocycles. The minimum absolute atomic E-state index is 1.50. The number of nitrogens with two attached hydrogens (primary N) is 2. The molecule has 0 fully saturated rings. The van der Waals surface area contributed by atoms with Gasteiger partial charge in [0.25, 0.3) is 0 Å². The van der Waals surface area contributed by atoms with Crippen LogP contribution < -0.4 is 16.7 Å². The Hall–Kier alpha value is -0.810. The topological polar surface area (TPSA) is 95.4 Å². The molecule has 0 saturated carbocycles. The highest BCUT2D eigenvalue weighted by Gasteiger charge is 1.57. The van der Waals surface area contributed by atoms with Gasteiger partial charge in [-0.2, -0.15) is 0 Å². The van der Waals surface area contributed by atoms with Crippen LogP contribution in [0.3, 0.4) is 0 Å². The predicted octanol–water partition coefficient (Wildman–Crippen LogP) is -2.29. The fraction of sp³-hybridized carbons (Fsp3) is 0.667. The van der Waals surface area contributed by atoms with Crippen molar-refractivity contribution < 1.29 is 9.90 Å². The third-order valence-electron chi connectivity index (χ3n) is 0. The standard InChI is InChI=1S/C2H8N2.CH3NO2/c1-4(2)3;2-1(3)4/h3H2,1-2H3;2H2,(H,3,4)/p-1. The van der Waals surface area contributed by atoms with Crippen molar-refractivity contribution in [1.82, 2.24) is 5.01 Å². The van der Waals surface area contributed by atoms with Crippen molar-refractivity contribution in [2.75, 3.05) is 14.1 Å². The third kappa shape index (κ3) is 139. The molecule has 50 valence electrons. The molecule has 1 amide bonds. The van der Waals surface area contributed by atoms with E-state index in [4.69, 9.17) is 15.7 Å². The first-order chi connectivity index (χ1) is 3.46. The van der Waals surface area contributed by atoms with Gasteiger partial charge in [0.1, 0.15) is 6.09 Å². The smallest absolute Gasteiger partial charge is 0.131 e. The number of carboxylic acid groups (broad SMARTS) is 1. The highest BCUT2D eigenvalue weighted by atomic mass is 16.4. The molecule has 0 aliphatic heterocycles. The number of hydrogen-bond acceptors (Lipinski definition) is 4. The quantitative estimate of drug-likeness (QED) is 0.278. The summed E-state index contributed by atoms with van der Waals surface area (Å²) >= 11 is 0. The van der Waals surface area contributed by atoms with Crippen molar-refractivity contribution in [3.05, 3.63) is 0 Å². The van der Waals surface area contributed by atoms with Crippen LogP contribution in [0.1, 0.15) is 0 Å². The Morgan fingerprint density at radius 2 is 1.62 bits per heavy atom. The van der Waals surface area contributed by atoms with Crippen LogP contribution in [-0.2, 0) is 0 Å². The van der Waals surface area contributed by atoms with E-state index in [1.165, 1.54) is 5.01 Å². The molecule has 0 bridgehead atoms. The zero-order valence-electron chi connectivity index (χ0n) is 4.92. The summed E-state index contributed by atoms with van der Waals surface area (Å²) in [6.07, 6.45) is -1.58. The highest BCUT2D eigenvalue weighted by molar-refractivity contribution is 5.58. The summed E-state index contributed by atoms with van der Waals surface area (Å²) in [6.45, 7) is 0. The van der Waals surface area contributed by atoms with E-state index in [0.29, 0.717) is 0 Å². The Bertz CT molecular complexity index is 56.8. The summed E-state index contributed by atoms with van der Waals surface area (Å²) in [7, 11) is 3.56. The van der Waals surface area contributed by atoms with Crippen LogP contribution in [0.5, 0.6) is 0 Å².